The topological polar surface area (TPSA) is 0 Å². The summed E-state index contributed by atoms with van der Waals surface area (Å²) in [5, 5.41) is 0. The molecule has 29 heavy (non-hydrogen) atoms. The smallest absolute Gasteiger partial charge is 0.0989 e. The van der Waals surface area contributed by atoms with E-state index >= 15 is 0 Å². The SMILES string of the molecule is CC(C)C[N+]1(CCC(C)(C)[N+]2(CCC(C)[N+]3(C)CCCC3)CCCC2)CCCC1. The largest absolute Gasteiger partial charge is 0.324 e. The van der Waals surface area contributed by atoms with Gasteiger partial charge in [0, 0.05) is 50.9 Å². The molecule has 3 saturated heterocycles. The fourth-order valence-corrected chi connectivity index (χ4v) is 7.34. The molecule has 0 N–H and O–H groups in total. The molecule has 0 aromatic carbocycles. The standard InChI is InChI=1S/C26H54N3/c1-24(2)23-28(17-9-10-18-28)22-14-26(4,5)29(19-11-12-20-29)21-13-25(3)27(6)15-7-8-16-27/h24-25H,7-23H2,1-6H3/q+3. The summed E-state index contributed by atoms with van der Waals surface area (Å²) in [5.41, 5.74) is 0.435. The van der Waals surface area contributed by atoms with Crippen LogP contribution in [0.25, 0.3) is 0 Å². The highest BCUT2D eigenvalue weighted by Crippen LogP contribution is 2.37. The van der Waals surface area contributed by atoms with Crippen LogP contribution < -0.4 is 0 Å². The molecular formula is C26H54N3+3. The van der Waals surface area contributed by atoms with Gasteiger partial charge in [0.25, 0.3) is 0 Å². The quantitative estimate of drug-likeness (QED) is 0.444. The van der Waals surface area contributed by atoms with Crippen molar-refractivity contribution in [2.75, 3.05) is 66.0 Å². The number of quaternary nitrogens is 3. The molecule has 3 rings (SSSR count). The average molecular weight is 409 g/mol. The Balaban J connectivity index is 1.64. The van der Waals surface area contributed by atoms with E-state index in [0.29, 0.717) is 5.54 Å². The maximum absolute atomic E-state index is 2.64. The first-order chi connectivity index (χ1) is 13.6. The van der Waals surface area contributed by atoms with Gasteiger partial charge in [-0.25, -0.2) is 0 Å². The summed E-state index contributed by atoms with van der Waals surface area (Å²) in [7, 11) is 2.53. The highest BCUT2D eigenvalue weighted by molar-refractivity contribution is 4.76. The van der Waals surface area contributed by atoms with Crippen LogP contribution in [0.4, 0.5) is 0 Å². The number of likely N-dealkylation sites (tertiary alicyclic amines) is 3. The van der Waals surface area contributed by atoms with Crippen LogP contribution in [-0.4, -0.2) is 91.0 Å². The molecule has 1 atom stereocenters. The zero-order chi connectivity index (χ0) is 21.2. The molecule has 0 saturated carbocycles. The van der Waals surface area contributed by atoms with Crippen LogP contribution in [0.3, 0.4) is 0 Å². The van der Waals surface area contributed by atoms with Crippen molar-refractivity contribution in [2.24, 2.45) is 5.92 Å². The van der Waals surface area contributed by atoms with Crippen molar-refractivity contribution in [3.05, 3.63) is 0 Å². The molecule has 0 amide bonds. The van der Waals surface area contributed by atoms with E-state index in [0.717, 1.165) is 12.0 Å². The van der Waals surface area contributed by atoms with Gasteiger partial charge in [-0.05, 0) is 20.8 Å². The Bertz CT molecular complexity index is 506. The molecule has 1 unspecified atom stereocenters. The first kappa shape index (κ1) is 23.5. The number of rotatable bonds is 10. The van der Waals surface area contributed by atoms with Gasteiger partial charge in [-0.15, -0.1) is 0 Å². The van der Waals surface area contributed by atoms with E-state index in [1.807, 2.05) is 0 Å². The molecule has 170 valence electrons. The second-order valence-corrected chi connectivity index (χ2v) is 12.7. The first-order valence-electron chi connectivity index (χ1n) is 13.2. The number of nitrogens with zero attached hydrogens (tertiary/aromatic N) is 3. The van der Waals surface area contributed by atoms with E-state index < -0.39 is 0 Å². The maximum Gasteiger partial charge on any atom is 0.0989 e. The van der Waals surface area contributed by atoms with Gasteiger partial charge < -0.3 is 13.4 Å². The predicted octanol–water partition coefficient (Wildman–Crippen LogP) is 5.05. The van der Waals surface area contributed by atoms with Crippen LogP contribution in [0.1, 0.15) is 86.0 Å². The van der Waals surface area contributed by atoms with Crippen LogP contribution in [0, 0.1) is 5.92 Å². The molecular weight excluding hydrogens is 354 g/mol. The third-order valence-corrected chi connectivity index (χ3v) is 9.80. The Morgan fingerprint density at radius 2 is 1.24 bits per heavy atom. The van der Waals surface area contributed by atoms with E-state index in [1.54, 1.807) is 0 Å². The Hall–Kier alpha value is -0.120. The van der Waals surface area contributed by atoms with Crippen LogP contribution in [0.15, 0.2) is 0 Å². The van der Waals surface area contributed by atoms with Crippen LogP contribution >= 0.6 is 0 Å². The zero-order valence-electron chi connectivity index (χ0n) is 21.0. The van der Waals surface area contributed by atoms with Crippen LogP contribution in [-0.2, 0) is 0 Å². The lowest BCUT2D eigenvalue weighted by molar-refractivity contribution is -0.976. The summed E-state index contributed by atoms with van der Waals surface area (Å²) in [4.78, 5) is 0. The molecule has 3 nitrogen and oxygen atoms in total. The molecule has 3 aliphatic rings. The summed E-state index contributed by atoms with van der Waals surface area (Å²) >= 11 is 0. The van der Waals surface area contributed by atoms with E-state index in [9.17, 15) is 0 Å². The molecule has 0 radical (unpaired) electrons. The summed E-state index contributed by atoms with van der Waals surface area (Å²) in [6, 6.07) is 0.835. The fraction of sp³-hybridized carbons (Fsp3) is 1.00. The highest BCUT2D eigenvalue weighted by atomic mass is 15.4. The minimum absolute atomic E-state index is 0.435. The summed E-state index contributed by atoms with van der Waals surface area (Å²) < 4.78 is 4.18. The lowest BCUT2D eigenvalue weighted by Crippen LogP contribution is -2.63. The van der Waals surface area contributed by atoms with Crippen molar-refractivity contribution in [1.29, 1.82) is 0 Å². The van der Waals surface area contributed by atoms with E-state index in [2.05, 4.69) is 41.7 Å². The second-order valence-electron chi connectivity index (χ2n) is 12.7. The fourth-order valence-electron chi connectivity index (χ4n) is 7.34. The van der Waals surface area contributed by atoms with E-state index in [-0.39, 0.29) is 0 Å². The molecule has 0 bridgehead atoms. The van der Waals surface area contributed by atoms with Gasteiger partial charge in [0.05, 0.1) is 84.0 Å². The van der Waals surface area contributed by atoms with Gasteiger partial charge >= 0.3 is 0 Å². The molecule has 3 heterocycles. The summed E-state index contributed by atoms with van der Waals surface area (Å²) in [6.07, 6.45) is 11.6. The van der Waals surface area contributed by atoms with Crippen molar-refractivity contribution in [1.82, 2.24) is 0 Å². The third kappa shape index (κ3) is 5.21. The van der Waals surface area contributed by atoms with E-state index in [4.69, 9.17) is 0 Å². The van der Waals surface area contributed by atoms with Crippen molar-refractivity contribution < 1.29 is 13.4 Å². The lowest BCUT2D eigenvalue weighted by atomic mass is 9.92. The Labute approximate surface area is 183 Å². The molecule has 3 heteroatoms. The summed E-state index contributed by atoms with van der Waals surface area (Å²) in [6.45, 7) is 25.5. The number of hydrogen-bond donors (Lipinski definition) is 0. The minimum atomic E-state index is 0.435. The average Bonchev–Trinajstić information content (AvgIpc) is 3.40. The first-order valence-corrected chi connectivity index (χ1v) is 13.2. The lowest BCUT2D eigenvalue weighted by Gasteiger charge is -2.50. The molecule has 0 aliphatic carbocycles. The van der Waals surface area contributed by atoms with Crippen LogP contribution in [0.2, 0.25) is 0 Å². The molecule has 0 spiro atoms. The van der Waals surface area contributed by atoms with Gasteiger partial charge in [-0.2, -0.15) is 0 Å². The maximum atomic E-state index is 2.64. The molecule has 3 fully saturated rings. The van der Waals surface area contributed by atoms with Crippen molar-refractivity contribution in [3.8, 4) is 0 Å². The van der Waals surface area contributed by atoms with Gasteiger partial charge in [0.15, 0.2) is 0 Å². The van der Waals surface area contributed by atoms with Gasteiger partial charge in [-0.3, -0.25) is 0 Å². The molecule has 0 aromatic heterocycles. The van der Waals surface area contributed by atoms with Crippen molar-refractivity contribution in [3.63, 3.8) is 0 Å². The predicted molar refractivity (Wildman–Crippen MR) is 126 cm³/mol. The summed E-state index contributed by atoms with van der Waals surface area (Å²) in [5.74, 6) is 0.830. The number of hydrogen-bond acceptors (Lipinski definition) is 0. The third-order valence-electron chi connectivity index (χ3n) is 9.80. The van der Waals surface area contributed by atoms with E-state index in [1.165, 1.54) is 124 Å². The second kappa shape index (κ2) is 9.17. The Morgan fingerprint density at radius 1 is 0.724 bits per heavy atom. The monoisotopic (exact) mass is 408 g/mol. The van der Waals surface area contributed by atoms with Crippen molar-refractivity contribution in [2.45, 2.75) is 97.6 Å². The van der Waals surface area contributed by atoms with Crippen molar-refractivity contribution >= 4 is 0 Å². The van der Waals surface area contributed by atoms with Gasteiger partial charge in [-0.1, -0.05) is 13.8 Å². The van der Waals surface area contributed by atoms with Gasteiger partial charge in [0.2, 0.25) is 0 Å². The Morgan fingerprint density at radius 3 is 1.79 bits per heavy atom. The normalized spacial score (nSPS) is 27.0. The van der Waals surface area contributed by atoms with Crippen LogP contribution in [0.5, 0.6) is 0 Å². The zero-order valence-corrected chi connectivity index (χ0v) is 21.0. The van der Waals surface area contributed by atoms with Gasteiger partial charge in [0.1, 0.15) is 0 Å². The molecule has 0 aromatic rings. The highest BCUT2D eigenvalue weighted by Gasteiger charge is 2.48. The minimum Gasteiger partial charge on any atom is -0.324 e. The Kier molecular flexibility index (Phi) is 7.44. The molecule has 3 aliphatic heterocycles.